The van der Waals surface area contributed by atoms with Crippen LogP contribution in [0.25, 0.3) is 10.9 Å². The Labute approximate surface area is 179 Å². The Morgan fingerprint density at radius 3 is 2.79 bits per heavy atom. The first-order chi connectivity index (χ1) is 13.8. The molecule has 4 rings (SSSR count). The third-order valence-electron chi connectivity index (χ3n) is 5.18. The zero-order chi connectivity index (χ0) is 20.6. The second-order valence-corrected chi connectivity index (χ2v) is 9.72. The van der Waals surface area contributed by atoms with Gasteiger partial charge in [0.15, 0.2) is 6.23 Å². The second-order valence-electron chi connectivity index (χ2n) is 8.80. The van der Waals surface area contributed by atoms with Crippen LogP contribution in [0.1, 0.15) is 59.1 Å². The van der Waals surface area contributed by atoms with Gasteiger partial charge in [0.05, 0.1) is 17.1 Å². The average Bonchev–Trinajstić information content (AvgIpc) is 3.02. The molecule has 158 valence electrons. The third-order valence-corrected chi connectivity index (χ3v) is 5.64. The van der Waals surface area contributed by atoms with Crippen LogP contribution in [0.2, 0.25) is 0 Å². The summed E-state index contributed by atoms with van der Waals surface area (Å²) in [4.78, 5) is 11.9. The number of amides is 1. The molecule has 2 aromatic rings. The number of nitrogens with one attached hydrogen (secondary N) is 1. The average molecular weight is 466 g/mol. The van der Waals surface area contributed by atoms with Crippen LogP contribution in [-0.2, 0) is 9.47 Å². The molecule has 1 aromatic heterocycles. The van der Waals surface area contributed by atoms with Crippen LogP contribution in [-0.4, -0.2) is 40.2 Å². The molecule has 0 bridgehead atoms. The van der Waals surface area contributed by atoms with Gasteiger partial charge in [0.2, 0.25) is 0 Å². The van der Waals surface area contributed by atoms with Crippen LogP contribution in [0.3, 0.4) is 0 Å². The normalized spacial score (nSPS) is 24.8. The molecular formula is C21H28BrN3O4. The minimum Gasteiger partial charge on any atom is -0.489 e. The highest BCUT2D eigenvalue weighted by Crippen LogP contribution is 2.36. The number of nitrogens with zero attached hydrogens (tertiary/aromatic N) is 2. The molecule has 8 heteroatoms. The first-order valence-electron chi connectivity index (χ1n) is 10.2. The van der Waals surface area contributed by atoms with Crippen molar-refractivity contribution < 1.29 is 19.0 Å². The zero-order valence-corrected chi connectivity index (χ0v) is 18.7. The SMILES string of the molecule is CC(C)(C)OC(=O)NC1CC(Oc2cc(Br)cc3c2cnn3C2CCCCO2)C1. The summed E-state index contributed by atoms with van der Waals surface area (Å²) in [5.74, 6) is 0.803. The van der Waals surface area contributed by atoms with Crippen LogP contribution in [0.15, 0.2) is 22.8 Å². The summed E-state index contributed by atoms with van der Waals surface area (Å²) in [6.45, 7) is 6.35. The molecule has 1 N–H and O–H groups in total. The lowest BCUT2D eigenvalue weighted by Gasteiger charge is -2.36. The van der Waals surface area contributed by atoms with Gasteiger partial charge in [-0.05, 0) is 52.2 Å². The molecule has 1 saturated carbocycles. The molecule has 7 nitrogen and oxygen atoms in total. The van der Waals surface area contributed by atoms with Crippen LogP contribution in [0.4, 0.5) is 4.79 Å². The molecule has 1 saturated heterocycles. The number of aromatic nitrogens is 2. The van der Waals surface area contributed by atoms with E-state index < -0.39 is 5.60 Å². The summed E-state index contributed by atoms with van der Waals surface area (Å²) in [6, 6.07) is 4.11. The topological polar surface area (TPSA) is 74.6 Å². The summed E-state index contributed by atoms with van der Waals surface area (Å²) >= 11 is 3.59. The van der Waals surface area contributed by atoms with Crippen molar-refractivity contribution >= 4 is 32.9 Å². The Kier molecular flexibility index (Phi) is 5.75. The minimum absolute atomic E-state index is 0.0190. The fourth-order valence-corrected chi connectivity index (χ4v) is 4.18. The van der Waals surface area contributed by atoms with Crippen molar-refractivity contribution in [1.29, 1.82) is 0 Å². The molecule has 29 heavy (non-hydrogen) atoms. The van der Waals surface area contributed by atoms with Gasteiger partial charge in [0, 0.05) is 30.0 Å². The maximum atomic E-state index is 11.9. The minimum atomic E-state index is -0.492. The summed E-state index contributed by atoms with van der Waals surface area (Å²) in [5, 5.41) is 8.46. The lowest BCUT2D eigenvalue weighted by Crippen LogP contribution is -2.50. The van der Waals surface area contributed by atoms with Crippen molar-refractivity contribution in [2.75, 3.05) is 6.61 Å². The maximum Gasteiger partial charge on any atom is 0.407 e. The largest absolute Gasteiger partial charge is 0.489 e. The van der Waals surface area contributed by atoms with E-state index in [9.17, 15) is 4.79 Å². The number of hydrogen-bond acceptors (Lipinski definition) is 5. The molecule has 2 heterocycles. The smallest absolute Gasteiger partial charge is 0.407 e. The molecule has 1 unspecified atom stereocenters. The predicted molar refractivity (Wildman–Crippen MR) is 113 cm³/mol. The van der Waals surface area contributed by atoms with E-state index in [0.29, 0.717) is 0 Å². The number of carbonyl (C=O) groups is 1. The van der Waals surface area contributed by atoms with Gasteiger partial charge in [-0.15, -0.1) is 0 Å². The summed E-state index contributed by atoms with van der Waals surface area (Å²) in [6.07, 6.45) is 6.26. The summed E-state index contributed by atoms with van der Waals surface area (Å²) in [5.41, 5.74) is 0.512. The molecular weight excluding hydrogens is 438 g/mol. The molecule has 1 aliphatic carbocycles. The number of fused-ring (bicyclic) bond motifs is 1. The number of halogens is 1. The molecule has 0 spiro atoms. The van der Waals surface area contributed by atoms with E-state index in [-0.39, 0.29) is 24.5 Å². The van der Waals surface area contributed by atoms with Gasteiger partial charge in [-0.2, -0.15) is 5.10 Å². The molecule has 1 aliphatic heterocycles. The highest BCUT2D eigenvalue weighted by molar-refractivity contribution is 9.10. The van der Waals surface area contributed by atoms with Crippen LogP contribution in [0, 0.1) is 0 Å². The number of benzene rings is 1. The Morgan fingerprint density at radius 1 is 1.31 bits per heavy atom. The predicted octanol–water partition coefficient (Wildman–Crippen LogP) is 4.93. The van der Waals surface area contributed by atoms with Gasteiger partial charge in [-0.25, -0.2) is 9.48 Å². The van der Waals surface area contributed by atoms with E-state index in [1.165, 1.54) is 0 Å². The fourth-order valence-electron chi connectivity index (χ4n) is 3.76. The van der Waals surface area contributed by atoms with E-state index >= 15 is 0 Å². The van der Waals surface area contributed by atoms with Gasteiger partial charge in [0.25, 0.3) is 0 Å². The Hall–Kier alpha value is -1.80. The highest BCUT2D eigenvalue weighted by Gasteiger charge is 2.34. The van der Waals surface area contributed by atoms with E-state index in [4.69, 9.17) is 14.2 Å². The van der Waals surface area contributed by atoms with E-state index in [2.05, 4.69) is 32.4 Å². The standard InChI is InChI=1S/C21H28BrN3O4/c1-21(2,3)29-20(26)24-14-10-15(11-14)28-18-9-13(22)8-17-16(18)12-23-25(17)19-6-4-5-7-27-19/h8-9,12,14-15,19H,4-7,10-11H2,1-3H3,(H,24,26). The Bertz CT molecular complexity index is 880. The number of hydrogen-bond donors (Lipinski definition) is 1. The van der Waals surface area contributed by atoms with Crippen molar-refractivity contribution in [3.8, 4) is 5.75 Å². The van der Waals surface area contributed by atoms with Crippen molar-refractivity contribution in [2.45, 2.75) is 76.9 Å². The van der Waals surface area contributed by atoms with E-state index in [1.807, 2.05) is 37.7 Å². The monoisotopic (exact) mass is 465 g/mol. The molecule has 1 aromatic carbocycles. The van der Waals surface area contributed by atoms with E-state index in [0.717, 1.165) is 59.8 Å². The molecule has 0 radical (unpaired) electrons. The second kappa shape index (κ2) is 8.14. The number of ether oxygens (including phenoxy) is 3. The number of alkyl carbamates (subject to hydrolysis) is 1. The first kappa shape index (κ1) is 20.5. The molecule has 2 fully saturated rings. The number of rotatable bonds is 4. The molecule has 2 aliphatic rings. The van der Waals surface area contributed by atoms with Crippen LogP contribution in [0.5, 0.6) is 5.75 Å². The zero-order valence-electron chi connectivity index (χ0n) is 17.1. The number of carbonyl (C=O) groups excluding carboxylic acids is 1. The van der Waals surface area contributed by atoms with Crippen molar-refractivity contribution in [2.24, 2.45) is 0 Å². The summed E-state index contributed by atoms with van der Waals surface area (Å²) in [7, 11) is 0. The van der Waals surface area contributed by atoms with Gasteiger partial charge >= 0.3 is 6.09 Å². The lowest BCUT2D eigenvalue weighted by molar-refractivity contribution is -0.0366. The van der Waals surface area contributed by atoms with E-state index in [1.54, 1.807) is 0 Å². The van der Waals surface area contributed by atoms with Crippen molar-refractivity contribution in [1.82, 2.24) is 15.1 Å². The fraction of sp³-hybridized carbons (Fsp3) is 0.619. The Balaban J connectivity index is 1.40. The molecule has 1 amide bonds. The lowest BCUT2D eigenvalue weighted by atomic mass is 9.89. The molecule has 1 atom stereocenters. The third kappa shape index (κ3) is 4.86. The van der Waals surface area contributed by atoms with Crippen LogP contribution >= 0.6 is 15.9 Å². The Morgan fingerprint density at radius 2 is 2.10 bits per heavy atom. The van der Waals surface area contributed by atoms with Crippen LogP contribution < -0.4 is 10.1 Å². The van der Waals surface area contributed by atoms with Crippen molar-refractivity contribution in [3.63, 3.8) is 0 Å². The van der Waals surface area contributed by atoms with Crippen molar-refractivity contribution in [3.05, 3.63) is 22.8 Å². The first-order valence-corrected chi connectivity index (χ1v) is 11.0. The maximum absolute atomic E-state index is 11.9. The summed E-state index contributed by atoms with van der Waals surface area (Å²) < 4.78 is 20.4. The quantitative estimate of drug-likeness (QED) is 0.692. The van der Waals surface area contributed by atoms with Gasteiger partial charge < -0.3 is 19.5 Å². The van der Waals surface area contributed by atoms with Gasteiger partial charge in [0.1, 0.15) is 17.5 Å². The van der Waals surface area contributed by atoms with Gasteiger partial charge in [-0.3, -0.25) is 0 Å². The van der Waals surface area contributed by atoms with Gasteiger partial charge in [-0.1, -0.05) is 15.9 Å². The highest BCUT2D eigenvalue weighted by atomic mass is 79.9.